The fourth-order valence-corrected chi connectivity index (χ4v) is 2.87. The minimum atomic E-state index is -0.265. The first-order chi connectivity index (χ1) is 8.25. The molecule has 17 heavy (non-hydrogen) atoms. The number of amides is 1. The third kappa shape index (κ3) is 4.51. The van der Waals surface area contributed by atoms with Crippen molar-refractivity contribution in [2.75, 3.05) is 25.1 Å². The normalized spacial score (nSPS) is 23.9. The van der Waals surface area contributed by atoms with Gasteiger partial charge in [0.25, 0.3) is 0 Å². The molecule has 1 atom stereocenters. The third-order valence-corrected chi connectivity index (χ3v) is 4.29. The molecule has 1 aliphatic heterocycles. The van der Waals surface area contributed by atoms with Gasteiger partial charge in [-0.3, -0.25) is 4.79 Å². The summed E-state index contributed by atoms with van der Waals surface area (Å²) in [6, 6.07) is 0. The monoisotopic (exact) mass is 258 g/mol. The number of carbonyl (C=O) groups is 1. The van der Waals surface area contributed by atoms with Crippen LogP contribution >= 0.6 is 11.8 Å². The number of thioether (sulfide) groups is 1. The highest BCUT2D eigenvalue weighted by atomic mass is 32.2. The summed E-state index contributed by atoms with van der Waals surface area (Å²) in [4.78, 5) is 12.1. The van der Waals surface area contributed by atoms with Crippen LogP contribution in [0.2, 0.25) is 0 Å². The van der Waals surface area contributed by atoms with Crippen LogP contribution in [-0.2, 0) is 4.79 Å². The van der Waals surface area contributed by atoms with E-state index in [1.54, 1.807) is 0 Å². The van der Waals surface area contributed by atoms with Gasteiger partial charge in [-0.15, -0.1) is 0 Å². The lowest BCUT2D eigenvalue weighted by Crippen LogP contribution is -2.53. The smallest absolute Gasteiger partial charge is 0.240 e. The maximum Gasteiger partial charge on any atom is 0.240 e. The molecule has 0 aromatic carbocycles. The van der Waals surface area contributed by atoms with Gasteiger partial charge in [0.05, 0.1) is 5.54 Å². The number of hydrogen-bond acceptors (Lipinski definition) is 3. The minimum absolute atomic E-state index is 0.211. The SMILES string of the molecule is CCC1(C(=O)NCCCCCSC)CCCN1. The number of hydrogen-bond donors (Lipinski definition) is 2. The van der Waals surface area contributed by atoms with Crippen molar-refractivity contribution in [1.29, 1.82) is 0 Å². The molecule has 1 aliphatic rings. The van der Waals surface area contributed by atoms with E-state index in [0.717, 1.165) is 38.8 Å². The van der Waals surface area contributed by atoms with Crippen molar-refractivity contribution in [2.24, 2.45) is 0 Å². The van der Waals surface area contributed by atoms with Gasteiger partial charge in [-0.25, -0.2) is 0 Å². The topological polar surface area (TPSA) is 41.1 Å². The first-order valence-electron chi connectivity index (χ1n) is 6.77. The van der Waals surface area contributed by atoms with E-state index in [1.807, 2.05) is 11.8 Å². The molecule has 1 heterocycles. The maximum absolute atomic E-state index is 12.1. The maximum atomic E-state index is 12.1. The van der Waals surface area contributed by atoms with Gasteiger partial charge in [0.15, 0.2) is 0 Å². The Morgan fingerprint density at radius 1 is 1.41 bits per heavy atom. The van der Waals surface area contributed by atoms with Gasteiger partial charge >= 0.3 is 0 Å². The highest BCUT2D eigenvalue weighted by Gasteiger charge is 2.38. The fourth-order valence-electron chi connectivity index (χ4n) is 2.38. The van der Waals surface area contributed by atoms with Crippen LogP contribution in [0.1, 0.15) is 45.4 Å². The molecule has 0 aromatic heterocycles. The van der Waals surface area contributed by atoms with Gasteiger partial charge < -0.3 is 10.6 Å². The van der Waals surface area contributed by atoms with E-state index < -0.39 is 0 Å². The summed E-state index contributed by atoms with van der Waals surface area (Å²) in [6.07, 6.45) is 8.72. The van der Waals surface area contributed by atoms with Crippen molar-refractivity contribution in [3.63, 3.8) is 0 Å². The van der Waals surface area contributed by atoms with E-state index in [9.17, 15) is 4.79 Å². The molecule has 2 N–H and O–H groups in total. The van der Waals surface area contributed by atoms with Crippen molar-refractivity contribution in [2.45, 2.75) is 51.0 Å². The molecule has 1 unspecified atom stereocenters. The van der Waals surface area contributed by atoms with Crippen molar-refractivity contribution < 1.29 is 4.79 Å². The molecule has 0 radical (unpaired) electrons. The van der Waals surface area contributed by atoms with Crippen molar-refractivity contribution >= 4 is 17.7 Å². The third-order valence-electron chi connectivity index (χ3n) is 3.59. The second kappa shape index (κ2) is 7.98. The van der Waals surface area contributed by atoms with Crippen LogP contribution in [-0.4, -0.2) is 36.5 Å². The Morgan fingerprint density at radius 2 is 2.24 bits per heavy atom. The first-order valence-corrected chi connectivity index (χ1v) is 8.17. The molecule has 0 bridgehead atoms. The lowest BCUT2D eigenvalue weighted by molar-refractivity contribution is -0.127. The summed E-state index contributed by atoms with van der Waals surface area (Å²) in [7, 11) is 0. The summed E-state index contributed by atoms with van der Waals surface area (Å²) in [5, 5.41) is 6.45. The molecule has 0 aliphatic carbocycles. The van der Waals surface area contributed by atoms with Crippen molar-refractivity contribution in [3.8, 4) is 0 Å². The van der Waals surface area contributed by atoms with Gasteiger partial charge in [-0.2, -0.15) is 11.8 Å². The minimum Gasteiger partial charge on any atom is -0.354 e. The van der Waals surface area contributed by atoms with Gasteiger partial charge in [-0.1, -0.05) is 13.3 Å². The molecular formula is C13H26N2OS. The molecule has 1 rings (SSSR count). The highest BCUT2D eigenvalue weighted by molar-refractivity contribution is 7.98. The predicted molar refractivity (Wildman–Crippen MR) is 75.5 cm³/mol. The Kier molecular flexibility index (Phi) is 6.97. The van der Waals surface area contributed by atoms with E-state index in [0.29, 0.717) is 0 Å². The standard InChI is InChI=1S/C13H26N2OS/c1-3-13(8-7-10-15-13)12(16)14-9-5-4-6-11-17-2/h15H,3-11H2,1-2H3,(H,14,16). The van der Waals surface area contributed by atoms with E-state index in [4.69, 9.17) is 0 Å². The van der Waals surface area contributed by atoms with Crippen LogP contribution in [0.4, 0.5) is 0 Å². The second-order valence-corrected chi connectivity index (χ2v) is 5.76. The predicted octanol–water partition coefficient (Wildman–Crippen LogP) is 2.17. The number of nitrogens with one attached hydrogen (secondary N) is 2. The second-order valence-electron chi connectivity index (χ2n) is 4.78. The summed E-state index contributed by atoms with van der Waals surface area (Å²) in [6.45, 7) is 3.90. The van der Waals surface area contributed by atoms with E-state index in [-0.39, 0.29) is 11.4 Å². The van der Waals surface area contributed by atoms with Crippen LogP contribution in [0.3, 0.4) is 0 Å². The molecule has 100 valence electrons. The molecule has 1 amide bonds. The molecule has 3 nitrogen and oxygen atoms in total. The van der Waals surface area contributed by atoms with Crippen molar-refractivity contribution in [1.82, 2.24) is 10.6 Å². The van der Waals surface area contributed by atoms with Gasteiger partial charge in [0.2, 0.25) is 5.91 Å². The van der Waals surface area contributed by atoms with E-state index in [2.05, 4.69) is 23.8 Å². The van der Waals surface area contributed by atoms with Crippen LogP contribution in [0, 0.1) is 0 Å². The largest absolute Gasteiger partial charge is 0.354 e. The summed E-state index contributed by atoms with van der Waals surface area (Å²) < 4.78 is 0. The molecule has 1 saturated heterocycles. The Bertz CT molecular complexity index is 227. The fraction of sp³-hybridized carbons (Fsp3) is 0.923. The van der Waals surface area contributed by atoms with Crippen LogP contribution in [0.25, 0.3) is 0 Å². The number of rotatable bonds is 8. The van der Waals surface area contributed by atoms with Gasteiger partial charge in [0.1, 0.15) is 0 Å². The quantitative estimate of drug-likeness (QED) is 0.656. The van der Waals surface area contributed by atoms with Gasteiger partial charge in [-0.05, 0) is 50.7 Å². The van der Waals surface area contributed by atoms with Gasteiger partial charge in [0, 0.05) is 6.54 Å². The Balaban J connectivity index is 2.15. The molecule has 1 fully saturated rings. The van der Waals surface area contributed by atoms with E-state index in [1.165, 1.54) is 18.6 Å². The molecule has 4 heteroatoms. The van der Waals surface area contributed by atoms with Crippen LogP contribution in [0.5, 0.6) is 0 Å². The number of unbranched alkanes of at least 4 members (excludes halogenated alkanes) is 2. The first kappa shape index (κ1) is 14.8. The number of carbonyl (C=O) groups excluding carboxylic acids is 1. The summed E-state index contributed by atoms with van der Waals surface area (Å²) in [5.74, 6) is 1.44. The van der Waals surface area contributed by atoms with Crippen molar-refractivity contribution in [3.05, 3.63) is 0 Å². The zero-order valence-electron chi connectivity index (χ0n) is 11.2. The van der Waals surface area contributed by atoms with Crippen LogP contribution in [0.15, 0.2) is 0 Å². The lowest BCUT2D eigenvalue weighted by atomic mass is 9.93. The molecule has 0 saturated carbocycles. The summed E-state index contributed by atoms with van der Waals surface area (Å²) in [5.41, 5.74) is -0.265. The molecule has 0 spiro atoms. The average molecular weight is 258 g/mol. The highest BCUT2D eigenvalue weighted by Crippen LogP contribution is 2.22. The Labute approximate surface area is 109 Å². The molecule has 0 aromatic rings. The lowest BCUT2D eigenvalue weighted by Gasteiger charge is -2.26. The van der Waals surface area contributed by atoms with Crippen LogP contribution < -0.4 is 10.6 Å². The Hall–Kier alpha value is -0.220. The summed E-state index contributed by atoms with van der Waals surface area (Å²) >= 11 is 1.89. The van der Waals surface area contributed by atoms with E-state index >= 15 is 0 Å². The average Bonchev–Trinajstić information content (AvgIpc) is 2.83. The Morgan fingerprint density at radius 3 is 2.82 bits per heavy atom. The molecular weight excluding hydrogens is 232 g/mol. The zero-order valence-corrected chi connectivity index (χ0v) is 12.0. The zero-order chi connectivity index (χ0) is 12.6.